The predicted molar refractivity (Wildman–Crippen MR) is 91.8 cm³/mol. The average molecular weight is 317 g/mol. The molecule has 1 unspecified atom stereocenters. The third-order valence-electron chi connectivity index (χ3n) is 4.72. The van der Waals surface area contributed by atoms with Crippen molar-refractivity contribution in [1.82, 2.24) is 10.2 Å². The third kappa shape index (κ3) is 4.24. The molecule has 0 aliphatic carbocycles. The fraction of sp³-hybridized carbons (Fsp3) is 0.611. The van der Waals surface area contributed by atoms with Gasteiger partial charge in [0.05, 0.1) is 13.2 Å². The smallest absolute Gasteiger partial charge is 0.224 e. The van der Waals surface area contributed by atoms with Gasteiger partial charge in [-0.25, -0.2) is 0 Å². The zero-order valence-corrected chi connectivity index (χ0v) is 14.0. The van der Waals surface area contributed by atoms with Gasteiger partial charge in [0.2, 0.25) is 5.91 Å². The Morgan fingerprint density at radius 1 is 1.26 bits per heavy atom. The van der Waals surface area contributed by atoms with Crippen LogP contribution in [0.3, 0.4) is 0 Å². The molecule has 1 atom stereocenters. The Labute approximate surface area is 138 Å². The van der Waals surface area contributed by atoms with E-state index in [9.17, 15) is 4.79 Å². The van der Waals surface area contributed by atoms with E-state index in [0.29, 0.717) is 13.0 Å². The number of amides is 1. The van der Waals surface area contributed by atoms with E-state index in [1.807, 2.05) is 4.90 Å². The van der Waals surface area contributed by atoms with Crippen LogP contribution >= 0.6 is 0 Å². The summed E-state index contributed by atoms with van der Waals surface area (Å²) in [6, 6.07) is 8.66. The van der Waals surface area contributed by atoms with Gasteiger partial charge in [-0.3, -0.25) is 4.79 Å². The maximum Gasteiger partial charge on any atom is 0.224 e. The Bertz CT molecular complexity index is 529. The van der Waals surface area contributed by atoms with Gasteiger partial charge in [0.1, 0.15) is 0 Å². The molecule has 2 heterocycles. The first-order valence-electron chi connectivity index (χ1n) is 8.63. The number of hydrogen-bond donors (Lipinski definition) is 1. The largest absolute Gasteiger partial charge is 0.378 e. The van der Waals surface area contributed by atoms with Gasteiger partial charge in [-0.15, -0.1) is 0 Å². The molecule has 1 aromatic rings. The first-order chi connectivity index (χ1) is 11.2. The number of nitrogens with zero attached hydrogens (tertiary/aromatic N) is 2. The van der Waals surface area contributed by atoms with Gasteiger partial charge in [-0.1, -0.05) is 18.2 Å². The Balaban J connectivity index is 1.55. The molecule has 1 amide bonds. The Kier molecular flexibility index (Phi) is 5.51. The lowest BCUT2D eigenvalue weighted by Crippen LogP contribution is -2.45. The molecular weight excluding hydrogens is 290 g/mol. The van der Waals surface area contributed by atoms with Gasteiger partial charge in [0.25, 0.3) is 0 Å². The molecule has 0 radical (unpaired) electrons. The minimum absolute atomic E-state index is 0.173. The summed E-state index contributed by atoms with van der Waals surface area (Å²) in [7, 11) is 0. The summed E-state index contributed by atoms with van der Waals surface area (Å²) >= 11 is 0. The molecule has 2 saturated heterocycles. The summed E-state index contributed by atoms with van der Waals surface area (Å²) in [6.07, 6.45) is 1.57. The molecule has 2 aliphatic heterocycles. The molecule has 0 spiro atoms. The van der Waals surface area contributed by atoms with E-state index >= 15 is 0 Å². The molecule has 1 aromatic carbocycles. The van der Waals surface area contributed by atoms with E-state index in [4.69, 9.17) is 4.74 Å². The Morgan fingerprint density at radius 3 is 2.91 bits per heavy atom. The summed E-state index contributed by atoms with van der Waals surface area (Å²) in [4.78, 5) is 17.0. The fourth-order valence-electron chi connectivity index (χ4n) is 3.42. The van der Waals surface area contributed by atoms with Crippen LogP contribution in [-0.2, 0) is 9.53 Å². The number of anilines is 1. The maximum absolute atomic E-state index is 12.5. The van der Waals surface area contributed by atoms with E-state index in [1.54, 1.807) is 0 Å². The fourth-order valence-corrected chi connectivity index (χ4v) is 3.42. The molecule has 0 bridgehead atoms. The number of carbonyl (C=O) groups excluding carboxylic acids is 1. The number of benzene rings is 1. The normalized spacial score (nSPS) is 22.7. The van der Waals surface area contributed by atoms with Crippen LogP contribution in [0.5, 0.6) is 0 Å². The number of rotatable bonds is 3. The zero-order valence-electron chi connectivity index (χ0n) is 14.0. The number of morpholine rings is 1. The number of ether oxygens (including phenoxy) is 1. The van der Waals surface area contributed by atoms with Crippen molar-refractivity contribution in [3.05, 3.63) is 29.8 Å². The minimum Gasteiger partial charge on any atom is -0.378 e. The van der Waals surface area contributed by atoms with Crippen molar-refractivity contribution >= 4 is 11.6 Å². The van der Waals surface area contributed by atoms with Gasteiger partial charge in [-0.05, 0) is 25.0 Å². The molecular formula is C18H27N3O2. The van der Waals surface area contributed by atoms with Crippen LogP contribution in [-0.4, -0.2) is 62.8 Å². The minimum atomic E-state index is 0.173. The highest BCUT2D eigenvalue weighted by atomic mass is 16.5. The molecule has 5 heteroatoms. The molecule has 23 heavy (non-hydrogen) atoms. The summed E-state index contributed by atoms with van der Waals surface area (Å²) in [6.45, 7) is 7.98. The first-order valence-corrected chi connectivity index (χ1v) is 8.63. The van der Waals surface area contributed by atoms with Gasteiger partial charge >= 0.3 is 0 Å². The van der Waals surface area contributed by atoms with Gasteiger partial charge in [0, 0.05) is 50.9 Å². The number of carbonyl (C=O) groups is 1. The van der Waals surface area contributed by atoms with Crippen LogP contribution in [0.15, 0.2) is 24.3 Å². The summed E-state index contributed by atoms with van der Waals surface area (Å²) in [5.41, 5.74) is 2.60. The molecule has 1 N–H and O–H groups in total. The molecule has 0 saturated carbocycles. The predicted octanol–water partition coefficient (Wildman–Crippen LogP) is 1.41. The topological polar surface area (TPSA) is 44.8 Å². The van der Waals surface area contributed by atoms with Crippen molar-refractivity contribution in [2.45, 2.75) is 25.8 Å². The van der Waals surface area contributed by atoms with Crippen molar-refractivity contribution in [1.29, 1.82) is 0 Å². The van der Waals surface area contributed by atoms with E-state index in [-0.39, 0.29) is 11.9 Å². The van der Waals surface area contributed by atoms with Crippen LogP contribution in [0, 0.1) is 6.92 Å². The van der Waals surface area contributed by atoms with Gasteiger partial charge in [-0.2, -0.15) is 0 Å². The summed E-state index contributed by atoms with van der Waals surface area (Å²) in [5.74, 6) is 0.250. The van der Waals surface area contributed by atoms with Crippen molar-refractivity contribution in [2.24, 2.45) is 0 Å². The van der Waals surface area contributed by atoms with Crippen LogP contribution in [0.1, 0.15) is 18.4 Å². The highest BCUT2D eigenvalue weighted by molar-refractivity contribution is 5.77. The van der Waals surface area contributed by atoms with Crippen molar-refractivity contribution < 1.29 is 9.53 Å². The second kappa shape index (κ2) is 7.79. The van der Waals surface area contributed by atoms with E-state index in [1.165, 1.54) is 11.3 Å². The second-order valence-corrected chi connectivity index (χ2v) is 6.44. The lowest BCUT2D eigenvalue weighted by Gasteiger charge is -2.27. The highest BCUT2D eigenvalue weighted by Crippen LogP contribution is 2.21. The molecule has 3 rings (SSSR count). The van der Waals surface area contributed by atoms with Crippen LogP contribution in [0.4, 0.5) is 5.69 Å². The van der Waals surface area contributed by atoms with Crippen molar-refractivity contribution in [2.75, 3.05) is 50.8 Å². The Hall–Kier alpha value is -1.59. The highest BCUT2D eigenvalue weighted by Gasteiger charge is 2.23. The molecule has 0 aromatic heterocycles. The van der Waals surface area contributed by atoms with Crippen molar-refractivity contribution in [3.8, 4) is 0 Å². The third-order valence-corrected chi connectivity index (χ3v) is 4.72. The number of nitrogens with one attached hydrogen (secondary N) is 1. The second-order valence-electron chi connectivity index (χ2n) is 6.44. The maximum atomic E-state index is 12.5. The molecule has 2 aliphatic rings. The van der Waals surface area contributed by atoms with Crippen LogP contribution < -0.4 is 10.2 Å². The van der Waals surface area contributed by atoms with Gasteiger partial charge in [0.15, 0.2) is 0 Å². The van der Waals surface area contributed by atoms with E-state index < -0.39 is 0 Å². The number of para-hydroxylation sites is 1. The first kappa shape index (κ1) is 16.3. The molecule has 5 nitrogen and oxygen atoms in total. The summed E-state index contributed by atoms with van der Waals surface area (Å²) < 4.78 is 5.44. The molecule has 126 valence electrons. The van der Waals surface area contributed by atoms with E-state index in [2.05, 4.69) is 41.4 Å². The molecule has 2 fully saturated rings. The lowest BCUT2D eigenvalue weighted by molar-refractivity contribution is -0.132. The zero-order chi connectivity index (χ0) is 16.1. The summed E-state index contributed by atoms with van der Waals surface area (Å²) in [5, 5.41) is 3.36. The lowest BCUT2D eigenvalue weighted by atomic mass is 10.1. The number of hydrogen-bond acceptors (Lipinski definition) is 4. The van der Waals surface area contributed by atoms with E-state index in [0.717, 1.165) is 45.8 Å². The van der Waals surface area contributed by atoms with Crippen LogP contribution in [0.2, 0.25) is 0 Å². The quantitative estimate of drug-likeness (QED) is 0.916. The van der Waals surface area contributed by atoms with Crippen molar-refractivity contribution in [3.63, 3.8) is 0 Å². The number of aryl methyl sites for hydroxylation is 1. The Morgan fingerprint density at radius 2 is 2.13 bits per heavy atom. The van der Waals surface area contributed by atoms with Gasteiger partial charge < -0.3 is 19.9 Å². The van der Waals surface area contributed by atoms with Crippen LogP contribution in [0.25, 0.3) is 0 Å². The average Bonchev–Trinajstić information content (AvgIpc) is 2.82. The standard InChI is InChI=1S/C18H27N3O2/c1-15-5-2-3-6-17(15)20-8-4-9-21(11-10-20)18(22)13-16-14-23-12-7-19-16/h2-3,5-6,16,19H,4,7-14H2,1H3. The SMILES string of the molecule is Cc1ccccc1N1CCCN(C(=O)CC2COCCN2)CC1. The monoisotopic (exact) mass is 317 g/mol.